The molecule has 0 N–H and O–H groups in total. The van der Waals surface area contributed by atoms with Crippen molar-refractivity contribution in [3.63, 3.8) is 0 Å². The Morgan fingerprint density at radius 3 is 1.88 bits per heavy atom. The standard InChI is InChI=1S/C20H32N2O4/c1-10-13(2)16-14(3)11-12-15(21-16)22(17(23)25-19(4,5)6)18(24)26-20(7,8)9/h11-13H,10H2,1-9H3/t13-/m1/s1. The van der Waals surface area contributed by atoms with E-state index < -0.39 is 23.4 Å². The highest BCUT2D eigenvalue weighted by atomic mass is 16.6. The molecule has 1 aromatic rings. The molecule has 6 nitrogen and oxygen atoms in total. The molecule has 1 rings (SSSR count). The summed E-state index contributed by atoms with van der Waals surface area (Å²) in [5.41, 5.74) is 0.363. The first kappa shape index (κ1) is 21.9. The summed E-state index contributed by atoms with van der Waals surface area (Å²) >= 11 is 0. The number of carbonyl (C=O) groups is 2. The van der Waals surface area contributed by atoms with E-state index in [0.29, 0.717) is 0 Å². The molecular formula is C20H32N2O4. The summed E-state index contributed by atoms with van der Waals surface area (Å²) in [6.07, 6.45) is -0.715. The van der Waals surface area contributed by atoms with Gasteiger partial charge in [-0.1, -0.05) is 19.9 Å². The van der Waals surface area contributed by atoms with Crippen LogP contribution in [0.1, 0.15) is 79.0 Å². The van der Waals surface area contributed by atoms with E-state index in [-0.39, 0.29) is 11.7 Å². The maximum absolute atomic E-state index is 12.7. The Balaban J connectivity index is 3.36. The zero-order valence-corrected chi connectivity index (χ0v) is 17.5. The lowest BCUT2D eigenvalue weighted by Crippen LogP contribution is -2.44. The minimum absolute atomic E-state index is 0.203. The number of aromatic nitrogens is 1. The van der Waals surface area contributed by atoms with Gasteiger partial charge in [-0.15, -0.1) is 0 Å². The van der Waals surface area contributed by atoms with E-state index in [9.17, 15) is 9.59 Å². The van der Waals surface area contributed by atoms with Gasteiger partial charge in [-0.2, -0.15) is 4.90 Å². The highest BCUT2D eigenvalue weighted by molar-refractivity contribution is 6.08. The molecule has 0 radical (unpaired) electrons. The predicted octanol–water partition coefficient (Wildman–Crippen LogP) is 5.58. The lowest BCUT2D eigenvalue weighted by molar-refractivity contribution is 0.0429. The van der Waals surface area contributed by atoms with Crippen molar-refractivity contribution < 1.29 is 19.1 Å². The number of amides is 2. The molecule has 0 saturated heterocycles. The maximum atomic E-state index is 12.7. The van der Waals surface area contributed by atoms with Gasteiger partial charge in [0.2, 0.25) is 0 Å². The number of rotatable bonds is 3. The molecule has 146 valence electrons. The van der Waals surface area contributed by atoms with E-state index in [2.05, 4.69) is 18.8 Å². The fourth-order valence-electron chi connectivity index (χ4n) is 2.23. The molecule has 0 bridgehead atoms. The molecule has 26 heavy (non-hydrogen) atoms. The minimum Gasteiger partial charge on any atom is -0.443 e. The fraction of sp³-hybridized carbons (Fsp3) is 0.650. The number of imide groups is 1. The summed E-state index contributed by atoms with van der Waals surface area (Å²) < 4.78 is 10.8. The van der Waals surface area contributed by atoms with Crippen LogP contribution in [0.5, 0.6) is 0 Å². The molecule has 0 saturated carbocycles. The van der Waals surface area contributed by atoms with Gasteiger partial charge in [0.05, 0.1) is 0 Å². The van der Waals surface area contributed by atoms with Crippen molar-refractivity contribution in [2.24, 2.45) is 0 Å². The van der Waals surface area contributed by atoms with Crippen molar-refractivity contribution in [1.82, 2.24) is 4.98 Å². The Bertz CT molecular complexity index is 629. The van der Waals surface area contributed by atoms with Crippen molar-refractivity contribution >= 4 is 18.0 Å². The number of aryl methyl sites for hydroxylation is 1. The van der Waals surface area contributed by atoms with Crippen molar-refractivity contribution in [2.75, 3.05) is 4.90 Å². The minimum atomic E-state index is -0.807. The first-order chi connectivity index (χ1) is 11.7. The normalized spacial score (nSPS) is 13.1. The Kier molecular flexibility index (Phi) is 6.80. The molecule has 6 heteroatoms. The number of anilines is 1. The Labute approximate surface area is 156 Å². The third kappa shape index (κ3) is 6.32. The van der Waals surface area contributed by atoms with Crippen LogP contribution in [-0.4, -0.2) is 28.4 Å². The van der Waals surface area contributed by atoms with Crippen LogP contribution in [0, 0.1) is 6.92 Å². The molecule has 0 aromatic carbocycles. The predicted molar refractivity (Wildman–Crippen MR) is 103 cm³/mol. The van der Waals surface area contributed by atoms with Gasteiger partial charge >= 0.3 is 12.2 Å². The van der Waals surface area contributed by atoms with Gasteiger partial charge in [0.1, 0.15) is 17.0 Å². The average molecular weight is 364 g/mol. The average Bonchev–Trinajstić information content (AvgIpc) is 2.44. The summed E-state index contributed by atoms with van der Waals surface area (Å²) in [6, 6.07) is 3.49. The third-order valence-corrected chi connectivity index (χ3v) is 3.58. The number of hydrogen-bond donors (Lipinski definition) is 0. The summed E-state index contributed by atoms with van der Waals surface area (Å²) in [6.45, 7) is 16.5. The zero-order chi connectivity index (χ0) is 20.3. The third-order valence-electron chi connectivity index (χ3n) is 3.58. The molecule has 0 aliphatic rings. The monoisotopic (exact) mass is 364 g/mol. The zero-order valence-electron chi connectivity index (χ0n) is 17.5. The van der Waals surface area contributed by atoms with Crippen molar-refractivity contribution in [3.05, 3.63) is 23.4 Å². The largest absolute Gasteiger partial charge is 0.443 e. The van der Waals surface area contributed by atoms with Crippen LogP contribution in [0.4, 0.5) is 15.4 Å². The van der Waals surface area contributed by atoms with Crippen LogP contribution in [0.3, 0.4) is 0 Å². The molecule has 1 heterocycles. The highest BCUT2D eigenvalue weighted by Gasteiger charge is 2.33. The van der Waals surface area contributed by atoms with Gasteiger partial charge in [-0.25, -0.2) is 14.6 Å². The molecule has 1 atom stereocenters. The van der Waals surface area contributed by atoms with Gasteiger partial charge in [-0.3, -0.25) is 0 Å². The highest BCUT2D eigenvalue weighted by Crippen LogP contribution is 2.26. The lowest BCUT2D eigenvalue weighted by atomic mass is 10.0. The molecule has 0 aliphatic carbocycles. The second kappa shape index (κ2) is 8.06. The second-order valence-electron chi connectivity index (χ2n) is 8.48. The smallest absolute Gasteiger partial charge is 0.425 e. The molecule has 0 aliphatic heterocycles. The molecule has 0 unspecified atom stereocenters. The van der Waals surface area contributed by atoms with Crippen LogP contribution < -0.4 is 4.90 Å². The van der Waals surface area contributed by atoms with Gasteiger partial charge in [-0.05, 0) is 72.4 Å². The Morgan fingerprint density at radius 2 is 1.50 bits per heavy atom. The number of nitrogens with zero attached hydrogens (tertiary/aromatic N) is 2. The van der Waals surface area contributed by atoms with Crippen molar-refractivity contribution in [1.29, 1.82) is 0 Å². The van der Waals surface area contributed by atoms with E-state index in [1.165, 1.54) is 0 Å². The van der Waals surface area contributed by atoms with Crippen LogP contribution >= 0.6 is 0 Å². The topological polar surface area (TPSA) is 68.7 Å². The van der Waals surface area contributed by atoms with Crippen molar-refractivity contribution in [3.8, 4) is 0 Å². The van der Waals surface area contributed by atoms with E-state index in [0.717, 1.165) is 22.6 Å². The molecular weight excluding hydrogens is 332 g/mol. The van der Waals surface area contributed by atoms with Gasteiger partial charge in [0.25, 0.3) is 0 Å². The summed E-state index contributed by atoms with van der Waals surface area (Å²) in [5, 5.41) is 0. The first-order valence-corrected chi connectivity index (χ1v) is 8.98. The number of carbonyl (C=O) groups excluding carboxylic acids is 2. The van der Waals surface area contributed by atoms with Gasteiger partial charge in [0.15, 0.2) is 0 Å². The Hall–Kier alpha value is -2.11. The first-order valence-electron chi connectivity index (χ1n) is 8.98. The van der Waals surface area contributed by atoms with Crippen LogP contribution in [0.15, 0.2) is 12.1 Å². The second-order valence-corrected chi connectivity index (χ2v) is 8.48. The molecule has 2 amide bonds. The maximum Gasteiger partial charge on any atom is 0.425 e. The van der Waals surface area contributed by atoms with Gasteiger partial charge < -0.3 is 9.47 Å². The summed E-state index contributed by atoms with van der Waals surface area (Å²) in [5.74, 6) is 0.406. The van der Waals surface area contributed by atoms with E-state index >= 15 is 0 Å². The van der Waals surface area contributed by atoms with E-state index in [4.69, 9.17) is 9.47 Å². The molecule has 0 spiro atoms. The molecule has 0 fully saturated rings. The quantitative estimate of drug-likeness (QED) is 0.700. The number of hydrogen-bond acceptors (Lipinski definition) is 5. The lowest BCUT2D eigenvalue weighted by Gasteiger charge is -2.28. The number of ether oxygens (including phenoxy) is 2. The Morgan fingerprint density at radius 1 is 1.04 bits per heavy atom. The summed E-state index contributed by atoms with van der Waals surface area (Å²) in [7, 11) is 0. The van der Waals surface area contributed by atoms with Crippen LogP contribution in [0.25, 0.3) is 0 Å². The SMILES string of the molecule is CC[C@@H](C)c1nc(N(C(=O)OC(C)(C)C)C(=O)OC(C)(C)C)ccc1C. The van der Waals surface area contributed by atoms with Crippen LogP contribution in [0.2, 0.25) is 0 Å². The molecule has 1 aromatic heterocycles. The van der Waals surface area contributed by atoms with Crippen LogP contribution in [-0.2, 0) is 9.47 Å². The fourth-order valence-corrected chi connectivity index (χ4v) is 2.23. The van der Waals surface area contributed by atoms with Gasteiger partial charge in [0, 0.05) is 5.69 Å². The van der Waals surface area contributed by atoms with E-state index in [1.807, 2.05) is 13.0 Å². The van der Waals surface area contributed by atoms with Crippen molar-refractivity contribution in [2.45, 2.75) is 85.9 Å². The van der Waals surface area contributed by atoms with E-state index in [1.54, 1.807) is 47.6 Å². The number of pyridine rings is 1. The summed E-state index contributed by atoms with van der Waals surface area (Å²) in [4.78, 5) is 30.8.